The Labute approximate surface area is 117 Å². The van der Waals surface area contributed by atoms with Crippen molar-refractivity contribution in [3.63, 3.8) is 0 Å². The smallest absolute Gasteiger partial charge is 0.126 e. The summed E-state index contributed by atoms with van der Waals surface area (Å²) in [7, 11) is 0. The molecule has 19 heavy (non-hydrogen) atoms. The Balaban J connectivity index is 2.07. The Morgan fingerprint density at radius 1 is 0.947 bits per heavy atom. The second-order valence-corrected chi connectivity index (χ2v) is 4.96. The molecule has 0 aliphatic heterocycles. The van der Waals surface area contributed by atoms with Crippen LogP contribution in [-0.4, -0.2) is 5.88 Å². The lowest BCUT2D eigenvalue weighted by atomic mass is 9.94. The van der Waals surface area contributed by atoms with E-state index in [1.807, 2.05) is 12.1 Å². The Kier molecular flexibility index (Phi) is 4.92. The van der Waals surface area contributed by atoms with Gasteiger partial charge in [-0.2, -0.15) is 0 Å². The van der Waals surface area contributed by atoms with E-state index in [9.17, 15) is 8.78 Å². The highest BCUT2D eigenvalue weighted by Crippen LogP contribution is 2.18. The van der Waals surface area contributed by atoms with E-state index in [1.165, 1.54) is 18.2 Å². The molecular formula is C16H15ClF2. The third-order valence-electron chi connectivity index (χ3n) is 3.10. The van der Waals surface area contributed by atoms with Crippen LogP contribution in [-0.2, 0) is 12.8 Å². The standard InChI is InChI=1S/C16H15ClF2/c17-11-13(8-12-4-3-6-15(18)10-12)9-14-5-1-2-7-16(14)19/h1-7,10,13H,8-9,11H2. The summed E-state index contributed by atoms with van der Waals surface area (Å²) in [4.78, 5) is 0. The van der Waals surface area contributed by atoms with Gasteiger partial charge in [-0.1, -0.05) is 30.3 Å². The van der Waals surface area contributed by atoms with Crippen molar-refractivity contribution in [1.82, 2.24) is 0 Å². The van der Waals surface area contributed by atoms with Crippen LogP contribution in [0.3, 0.4) is 0 Å². The maximum atomic E-state index is 13.6. The summed E-state index contributed by atoms with van der Waals surface area (Å²) < 4.78 is 26.7. The predicted octanol–water partition coefficient (Wildman–Crippen LogP) is 4.61. The van der Waals surface area contributed by atoms with Gasteiger partial charge in [-0.25, -0.2) is 8.78 Å². The van der Waals surface area contributed by atoms with E-state index >= 15 is 0 Å². The van der Waals surface area contributed by atoms with Gasteiger partial charge in [-0.05, 0) is 48.1 Å². The van der Waals surface area contributed by atoms with Gasteiger partial charge in [0.15, 0.2) is 0 Å². The first-order chi connectivity index (χ1) is 9.19. The topological polar surface area (TPSA) is 0 Å². The Morgan fingerprint density at radius 2 is 1.74 bits per heavy atom. The number of rotatable bonds is 5. The number of alkyl halides is 1. The van der Waals surface area contributed by atoms with Crippen LogP contribution in [0.1, 0.15) is 11.1 Å². The molecule has 0 nitrogen and oxygen atoms in total. The molecule has 1 unspecified atom stereocenters. The molecule has 0 aliphatic carbocycles. The lowest BCUT2D eigenvalue weighted by molar-refractivity contribution is 0.543. The van der Waals surface area contributed by atoms with Crippen molar-refractivity contribution in [1.29, 1.82) is 0 Å². The van der Waals surface area contributed by atoms with Gasteiger partial charge < -0.3 is 0 Å². The van der Waals surface area contributed by atoms with Crippen LogP contribution in [0.5, 0.6) is 0 Å². The Bertz CT molecular complexity index is 540. The second kappa shape index (κ2) is 6.67. The van der Waals surface area contributed by atoms with Crippen LogP contribution < -0.4 is 0 Å². The molecule has 0 fully saturated rings. The van der Waals surface area contributed by atoms with Crippen molar-refractivity contribution in [2.45, 2.75) is 12.8 Å². The molecule has 0 radical (unpaired) electrons. The van der Waals surface area contributed by atoms with Gasteiger partial charge in [0, 0.05) is 5.88 Å². The van der Waals surface area contributed by atoms with E-state index in [-0.39, 0.29) is 17.6 Å². The molecule has 0 spiro atoms. The lowest BCUT2D eigenvalue weighted by Crippen LogP contribution is -2.11. The van der Waals surface area contributed by atoms with Crippen LogP contribution in [0.2, 0.25) is 0 Å². The van der Waals surface area contributed by atoms with Crippen molar-refractivity contribution >= 4 is 11.6 Å². The van der Waals surface area contributed by atoms with Crippen LogP contribution in [0.25, 0.3) is 0 Å². The molecule has 2 aromatic carbocycles. The fourth-order valence-corrected chi connectivity index (χ4v) is 2.37. The summed E-state index contributed by atoms with van der Waals surface area (Å²) in [6, 6.07) is 13.1. The summed E-state index contributed by atoms with van der Waals surface area (Å²) in [5, 5.41) is 0. The Morgan fingerprint density at radius 3 is 2.42 bits per heavy atom. The Hall–Kier alpha value is -1.41. The average molecular weight is 281 g/mol. The molecule has 0 saturated heterocycles. The molecule has 2 aromatic rings. The fraction of sp³-hybridized carbons (Fsp3) is 0.250. The minimum absolute atomic E-state index is 0.0976. The van der Waals surface area contributed by atoms with Gasteiger partial charge in [0.05, 0.1) is 0 Å². The highest BCUT2D eigenvalue weighted by atomic mass is 35.5. The summed E-state index contributed by atoms with van der Waals surface area (Å²) in [6.07, 6.45) is 1.21. The summed E-state index contributed by atoms with van der Waals surface area (Å²) in [5.41, 5.74) is 1.55. The minimum Gasteiger partial charge on any atom is -0.207 e. The zero-order valence-electron chi connectivity index (χ0n) is 10.5. The van der Waals surface area contributed by atoms with Gasteiger partial charge in [-0.15, -0.1) is 11.6 Å². The van der Waals surface area contributed by atoms with Crippen molar-refractivity contribution in [2.24, 2.45) is 5.92 Å². The predicted molar refractivity (Wildman–Crippen MR) is 74.4 cm³/mol. The maximum absolute atomic E-state index is 13.6. The first kappa shape index (κ1) is 14.0. The summed E-state index contributed by atoms with van der Waals surface area (Å²) >= 11 is 5.94. The quantitative estimate of drug-likeness (QED) is 0.702. The normalized spacial score (nSPS) is 12.4. The molecule has 0 aromatic heterocycles. The van der Waals surface area contributed by atoms with E-state index in [2.05, 4.69) is 0 Å². The van der Waals surface area contributed by atoms with Gasteiger partial charge in [-0.3, -0.25) is 0 Å². The minimum atomic E-state index is -0.253. The molecule has 3 heteroatoms. The summed E-state index contributed by atoms with van der Waals surface area (Å²) in [6.45, 7) is 0. The molecule has 0 aliphatic rings. The van der Waals surface area contributed by atoms with Crippen LogP contribution in [0.4, 0.5) is 8.78 Å². The summed E-state index contributed by atoms with van der Waals surface area (Å²) in [5.74, 6) is 0.0548. The monoisotopic (exact) mass is 280 g/mol. The van der Waals surface area contributed by atoms with Crippen molar-refractivity contribution in [3.8, 4) is 0 Å². The van der Waals surface area contributed by atoms with E-state index in [4.69, 9.17) is 11.6 Å². The number of benzene rings is 2. The van der Waals surface area contributed by atoms with Crippen molar-refractivity contribution < 1.29 is 8.78 Å². The zero-order valence-corrected chi connectivity index (χ0v) is 11.2. The van der Waals surface area contributed by atoms with Crippen molar-refractivity contribution in [3.05, 3.63) is 71.3 Å². The van der Waals surface area contributed by atoms with E-state index in [1.54, 1.807) is 18.2 Å². The largest absolute Gasteiger partial charge is 0.207 e. The maximum Gasteiger partial charge on any atom is 0.126 e. The third-order valence-corrected chi connectivity index (χ3v) is 3.53. The van der Waals surface area contributed by atoms with E-state index in [0.29, 0.717) is 24.3 Å². The van der Waals surface area contributed by atoms with Gasteiger partial charge in [0.1, 0.15) is 11.6 Å². The fourth-order valence-electron chi connectivity index (χ4n) is 2.15. The zero-order chi connectivity index (χ0) is 13.7. The molecular weight excluding hydrogens is 266 g/mol. The van der Waals surface area contributed by atoms with E-state index in [0.717, 1.165) is 5.56 Å². The molecule has 0 N–H and O–H groups in total. The number of hydrogen-bond acceptors (Lipinski definition) is 0. The molecule has 1 atom stereocenters. The van der Waals surface area contributed by atoms with Gasteiger partial charge >= 0.3 is 0 Å². The number of halogens is 3. The second-order valence-electron chi connectivity index (χ2n) is 4.65. The van der Waals surface area contributed by atoms with Gasteiger partial charge in [0.2, 0.25) is 0 Å². The molecule has 0 bridgehead atoms. The van der Waals surface area contributed by atoms with Gasteiger partial charge in [0.25, 0.3) is 0 Å². The third kappa shape index (κ3) is 4.03. The number of hydrogen-bond donors (Lipinski definition) is 0. The first-order valence-corrected chi connectivity index (χ1v) is 6.76. The molecule has 2 rings (SSSR count). The van der Waals surface area contributed by atoms with Crippen molar-refractivity contribution in [2.75, 3.05) is 5.88 Å². The highest BCUT2D eigenvalue weighted by molar-refractivity contribution is 6.18. The van der Waals surface area contributed by atoms with Crippen LogP contribution in [0, 0.1) is 17.6 Å². The van der Waals surface area contributed by atoms with E-state index < -0.39 is 0 Å². The van der Waals surface area contributed by atoms with Crippen LogP contribution >= 0.6 is 11.6 Å². The molecule has 0 amide bonds. The average Bonchev–Trinajstić information content (AvgIpc) is 2.40. The van der Waals surface area contributed by atoms with Crippen LogP contribution in [0.15, 0.2) is 48.5 Å². The molecule has 100 valence electrons. The lowest BCUT2D eigenvalue weighted by Gasteiger charge is -2.14. The molecule has 0 saturated carbocycles. The SMILES string of the molecule is Fc1cccc(CC(CCl)Cc2ccccc2F)c1. The highest BCUT2D eigenvalue weighted by Gasteiger charge is 2.12. The first-order valence-electron chi connectivity index (χ1n) is 6.23. The molecule has 0 heterocycles.